The molecule has 0 spiro atoms. The van der Waals surface area contributed by atoms with Crippen molar-refractivity contribution in [3.05, 3.63) is 40.9 Å². The molecule has 0 aromatic heterocycles. The normalized spacial score (nSPS) is 10.7. The summed E-state index contributed by atoms with van der Waals surface area (Å²) >= 11 is 3.49. The quantitative estimate of drug-likeness (QED) is 0.746. The Bertz CT molecular complexity index is 493. The fourth-order valence-electron chi connectivity index (χ4n) is 1.93. The van der Waals surface area contributed by atoms with Crippen LogP contribution in [0.5, 0.6) is 0 Å². The van der Waals surface area contributed by atoms with Crippen molar-refractivity contribution in [1.82, 2.24) is 0 Å². The predicted octanol–water partition coefficient (Wildman–Crippen LogP) is 5.20. The van der Waals surface area contributed by atoms with Crippen LogP contribution in [0.4, 0.5) is 5.69 Å². The fraction of sp³-hybridized carbons (Fsp3) is 0.333. The predicted molar refractivity (Wildman–Crippen MR) is 79.7 cm³/mol. The third kappa shape index (κ3) is 3.47. The molecule has 17 heavy (non-hydrogen) atoms. The molecule has 0 fully saturated rings. The highest BCUT2D eigenvalue weighted by atomic mass is 79.9. The minimum absolute atomic E-state index is 1.07. The summed E-state index contributed by atoms with van der Waals surface area (Å²) in [5.41, 5.74) is 1.22. The van der Waals surface area contributed by atoms with Crippen LogP contribution in [0.1, 0.15) is 26.2 Å². The first-order valence-corrected chi connectivity index (χ1v) is 7.02. The van der Waals surface area contributed by atoms with E-state index in [4.69, 9.17) is 0 Å². The van der Waals surface area contributed by atoms with Crippen molar-refractivity contribution in [1.29, 1.82) is 0 Å². The second kappa shape index (κ2) is 6.06. The van der Waals surface area contributed by atoms with Crippen molar-refractivity contribution < 1.29 is 0 Å². The zero-order valence-electron chi connectivity index (χ0n) is 10.2. The Balaban J connectivity index is 2.07. The van der Waals surface area contributed by atoms with Gasteiger partial charge in [0.25, 0.3) is 0 Å². The van der Waals surface area contributed by atoms with Crippen LogP contribution in [0.15, 0.2) is 40.9 Å². The summed E-state index contributed by atoms with van der Waals surface area (Å²) in [7, 11) is 0. The second-order valence-corrected chi connectivity index (χ2v) is 5.26. The second-order valence-electron chi connectivity index (χ2n) is 4.34. The molecule has 1 nitrogen and oxygen atoms in total. The van der Waals surface area contributed by atoms with Gasteiger partial charge in [0.2, 0.25) is 0 Å². The molecule has 2 rings (SSSR count). The number of rotatable bonds is 5. The van der Waals surface area contributed by atoms with Crippen LogP contribution in [0.3, 0.4) is 0 Å². The van der Waals surface area contributed by atoms with Gasteiger partial charge in [-0.15, -0.1) is 0 Å². The topological polar surface area (TPSA) is 12.0 Å². The van der Waals surface area contributed by atoms with E-state index < -0.39 is 0 Å². The summed E-state index contributed by atoms with van der Waals surface area (Å²) in [6.07, 6.45) is 3.82. The lowest BCUT2D eigenvalue weighted by Gasteiger charge is -2.07. The molecule has 0 aliphatic rings. The van der Waals surface area contributed by atoms with Gasteiger partial charge in [0.1, 0.15) is 0 Å². The van der Waals surface area contributed by atoms with E-state index in [1.807, 2.05) is 0 Å². The van der Waals surface area contributed by atoms with Crippen LogP contribution in [-0.2, 0) is 0 Å². The largest absolute Gasteiger partial charge is 0.385 e. The molecule has 0 saturated heterocycles. The molecule has 0 atom stereocenters. The summed E-state index contributed by atoms with van der Waals surface area (Å²) in [6.45, 7) is 3.30. The molecule has 90 valence electrons. The first kappa shape index (κ1) is 12.4. The van der Waals surface area contributed by atoms with Gasteiger partial charge in [-0.1, -0.05) is 47.8 Å². The number of benzene rings is 2. The van der Waals surface area contributed by atoms with E-state index in [1.54, 1.807) is 0 Å². The molecule has 2 heteroatoms. The van der Waals surface area contributed by atoms with Gasteiger partial charge in [-0.3, -0.25) is 0 Å². The lowest BCUT2D eigenvalue weighted by Crippen LogP contribution is -2.00. The van der Waals surface area contributed by atoms with E-state index in [2.05, 4.69) is 64.6 Å². The number of hydrogen-bond acceptors (Lipinski definition) is 1. The zero-order valence-corrected chi connectivity index (χ0v) is 11.8. The van der Waals surface area contributed by atoms with Gasteiger partial charge in [-0.05, 0) is 41.5 Å². The van der Waals surface area contributed by atoms with E-state index in [9.17, 15) is 0 Å². The van der Waals surface area contributed by atoms with Crippen LogP contribution < -0.4 is 5.32 Å². The highest BCUT2D eigenvalue weighted by Gasteiger charge is 1.97. The first-order chi connectivity index (χ1) is 8.29. The van der Waals surface area contributed by atoms with Gasteiger partial charge in [0, 0.05) is 16.7 Å². The Morgan fingerprint density at radius 1 is 1.00 bits per heavy atom. The van der Waals surface area contributed by atoms with E-state index in [-0.39, 0.29) is 0 Å². The van der Waals surface area contributed by atoms with Crippen molar-refractivity contribution in [3.8, 4) is 0 Å². The molecule has 2 aromatic carbocycles. The maximum atomic E-state index is 3.49. The van der Waals surface area contributed by atoms with Crippen LogP contribution in [0.2, 0.25) is 0 Å². The maximum absolute atomic E-state index is 3.49. The molecule has 0 bridgehead atoms. The lowest BCUT2D eigenvalue weighted by atomic mass is 10.1. The Hall–Kier alpha value is -1.02. The molecule has 0 saturated carbocycles. The van der Waals surface area contributed by atoms with Gasteiger partial charge in [-0.25, -0.2) is 0 Å². The molecule has 1 N–H and O–H groups in total. The van der Waals surface area contributed by atoms with Crippen molar-refractivity contribution in [2.24, 2.45) is 0 Å². The van der Waals surface area contributed by atoms with Crippen LogP contribution in [0.25, 0.3) is 10.8 Å². The molecule has 0 aliphatic carbocycles. The van der Waals surface area contributed by atoms with Gasteiger partial charge >= 0.3 is 0 Å². The monoisotopic (exact) mass is 291 g/mol. The minimum atomic E-state index is 1.07. The Morgan fingerprint density at radius 2 is 1.76 bits per heavy atom. The van der Waals surface area contributed by atoms with Crippen LogP contribution in [0, 0.1) is 0 Å². The molecular weight excluding hydrogens is 274 g/mol. The van der Waals surface area contributed by atoms with Crippen LogP contribution >= 0.6 is 15.9 Å². The fourth-order valence-corrected chi connectivity index (χ4v) is 2.31. The number of nitrogens with one attached hydrogen (secondary N) is 1. The number of hydrogen-bond donors (Lipinski definition) is 1. The van der Waals surface area contributed by atoms with Gasteiger partial charge < -0.3 is 5.32 Å². The Labute approximate surface area is 111 Å². The summed E-state index contributed by atoms with van der Waals surface area (Å²) in [4.78, 5) is 0. The summed E-state index contributed by atoms with van der Waals surface area (Å²) in [6, 6.07) is 12.9. The highest BCUT2D eigenvalue weighted by molar-refractivity contribution is 9.10. The molecule has 0 unspecified atom stereocenters. The lowest BCUT2D eigenvalue weighted by molar-refractivity contribution is 0.744. The third-order valence-electron chi connectivity index (χ3n) is 2.91. The first-order valence-electron chi connectivity index (χ1n) is 6.23. The average Bonchev–Trinajstić information content (AvgIpc) is 2.35. The molecular formula is C15H18BrN. The smallest absolute Gasteiger partial charge is 0.0346 e. The summed E-state index contributed by atoms with van der Waals surface area (Å²) < 4.78 is 1.13. The zero-order chi connectivity index (χ0) is 12.1. The number of unbranched alkanes of at least 4 members (excludes halogenated alkanes) is 2. The van der Waals surface area contributed by atoms with Gasteiger partial charge in [-0.2, -0.15) is 0 Å². The van der Waals surface area contributed by atoms with Crippen molar-refractivity contribution >= 4 is 32.4 Å². The van der Waals surface area contributed by atoms with E-state index in [1.165, 1.54) is 35.7 Å². The molecule has 0 aliphatic heterocycles. The molecule has 0 amide bonds. The highest BCUT2D eigenvalue weighted by Crippen LogP contribution is 2.22. The van der Waals surface area contributed by atoms with Crippen LogP contribution in [-0.4, -0.2) is 6.54 Å². The summed E-state index contributed by atoms with van der Waals surface area (Å²) in [5.74, 6) is 0. The van der Waals surface area contributed by atoms with Gasteiger partial charge in [0.15, 0.2) is 0 Å². The Kier molecular flexibility index (Phi) is 4.43. The number of halogens is 1. The number of fused-ring (bicyclic) bond motifs is 1. The van der Waals surface area contributed by atoms with E-state index in [0.717, 1.165) is 11.0 Å². The van der Waals surface area contributed by atoms with Crippen molar-refractivity contribution in [3.63, 3.8) is 0 Å². The molecule has 0 heterocycles. The average molecular weight is 292 g/mol. The minimum Gasteiger partial charge on any atom is -0.385 e. The standard InChI is InChI=1S/C15H18BrN/c1-2-3-4-9-17-15-8-6-12-10-14(16)7-5-13(12)11-15/h5-8,10-11,17H,2-4,9H2,1H3. The van der Waals surface area contributed by atoms with Crippen molar-refractivity contribution in [2.75, 3.05) is 11.9 Å². The SMILES string of the molecule is CCCCCNc1ccc2cc(Br)ccc2c1. The van der Waals surface area contributed by atoms with Gasteiger partial charge in [0.05, 0.1) is 0 Å². The summed E-state index contributed by atoms with van der Waals surface area (Å²) in [5, 5.41) is 6.04. The maximum Gasteiger partial charge on any atom is 0.0346 e. The van der Waals surface area contributed by atoms with E-state index in [0.29, 0.717) is 0 Å². The molecule has 0 radical (unpaired) electrons. The molecule has 2 aromatic rings. The Morgan fingerprint density at radius 3 is 2.59 bits per heavy atom. The number of anilines is 1. The van der Waals surface area contributed by atoms with E-state index >= 15 is 0 Å². The van der Waals surface area contributed by atoms with Crippen molar-refractivity contribution in [2.45, 2.75) is 26.2 Å². The third-order valence-corrected chi connectivity index (χ3v) is 3.40.